The number of aliphatic hydroxyl groups is 1. The SMILES string of the molecule is C=C[C@@](O)(C(=O)N[C@H]1CN2CCC1CC2)c1cccs1. The van der Waals surface area contributed by atoms with Gasteiger partial charge in [0.2, 0.25) is 0 Å². The minimum atomic E-state index is -1.61. The molecule has 1 amide bonds. The van der Waals surface area contributed by atoms with Crippen LogP contribution < -0.4 is 5.32 Å². The number of piperidine rings is 3. The van der Waals surface area contributed by atoms with E-state index < -0.39 is 5.60 Å². The Bertz CT molecular complexity index is 494. The molecule has 3 fully saturated rings. The lowest BCUT2D eigenvalue weighted by Crippen LogP contribution is -2.59. The normalized spacial score (nSPS) is 31.6. The van der Waals surface area contributed by atoms with Crippen molar-refractivity contribution < 1.29 is 9.90 Å². The first kappa shape index (κ1) is 13.8. The third kappa shape index (κ3) is 2.30. The van der Waals surface area contributed by atoms with Gasteiger partial charge in [0.05, 0.1) is 0 Å². The lowest BCUT2D eigenvalue weighted by atomic mass is 9.83. The molecule has 3 aliphatic rings. The van der Waals surface area contributed by atoms with Crippen LogP contribution in [0.1, 0.15) is 17.7 Å². The monoisotopic (exact) mass is 292 g/mol. The van der Waals surface area contributed by atoms with E-state index in [0.29, 0.717) is 10.8 Å². The number of amides is 1. The number of carbonyl (C=O) groups excluding carboxylic acids is 1. The molecule has 4 heterocycles. The van der Waals surface area contributed by atoms with Crippen molar-refractivity contribution in [3.63, 3.8) is 0 Å². The maximum atomic E-state index is 12.5. The summed E-state index contributed by atoms with van der Waals surface area (Å²) in [6.45, 7) is 6.80. The second-order valence-electron chi connectivity index (χ2n) is 5.67. The van der Waals surface area contributed by atoms with Crippen LogP contribution in [0, 0.1) is 5.92 Å². The molecule has 2 N–H and O–H groups in total. The van der Waals surface area contributed by atoms with Crippen molar-refractivity contribution in [3.8, 4) is 0 Å². The van der Waals surface area contributed by atoms with Gasteiger partial charge in [0.15, 0.2) is 5.60 Å². The highest BCUT2D eigenvalue weighted by atomic mass is 32.1. The Morgan fingerprint density at radius 1 is 1.55 bits per heavy atom. The molecule has 3 saturated heterocycles. The van der Waals surface area contributed by atoms with Gasteiger partial charge in [-0.1, -0.05) is 12.6 Å². The van der Waals surface area contributed by atoms with Crippen LogP contribution in [0.2, 0.25) is 0 Å². The van der Waals surface area contributed by atoms with E-state index in [2.05, 4.69) is 16.8 Å². The summed E-state index contributed by atoms with van der Waals surface area (Å²) < 4.78 is 0. The number of hydrogen-bond donors (Lipinski definition) is 2. The lowest BCUT2D eigenvalue weighted by molar-refractivity contribution is -0.138. The molecule has 2 bridgehead atoms. The van der Waals surface area contributed by atoms with Gasteiger partial charge in [-0.15, -0.1) is 11.3 Å². The number of rotatable bonds is 4. The average molecular weight is 292 g/mol. The van der Waals surface area contributed by atoms with E-state index in [1.807, 2.05) is 11.4 Å². The van der Waals surface area contributed by atoms with Crippen molar-refractivity contribution in [2.24, 2.45) is 5.92 Å². The molecular weight excluding hydrogens is 272 g/mol. The molecule has 108 valence electrons. The molecule has 4 rings (SSSR count). The fourth-order valence-electron chi connectivity index (χ4n) is 3.21. The third-order valence-electron chi connectivity index (χ3n) is 4.51. The van der Waals surface area contributed by atoms with E-state index >= 15 is 0 Å². The maximum absolute atomic E-state index is 12.5. The van der Waals surface area contributed by atoms with Gasteiger partial charge in [-0.25, -0.2) is 0 Å². The number of thiophene rings is 1. The van der Waals surface area contributed by atoms with Gasteiger partial charge in [0, 0.05) is 17.5 Å². The molecule has 0 aliphatic carbocycles. The first-order valence-electron chi connectivity index (χ1n) is 7.07. The van der Waals surface area contributed by atoms with E-state index in [-0.39, 0.29) is 11.9 Å². The Kier molecular flexibility index (Phi) is 3.67. The van der Waals surface area contributed by atoms with E-state index in [1.165, 1.54) is 17.4 Å². The van der Waals surface area contributed by atoms with Crippen LogP contribution in [0.4, 0.5) is 0 Å². The molecule has 1 aromatic heterocycles. The minimum Gasteiger partial charge on any atom is -0.372 e. The van der Waals surface area contributed by atoms with Gasteiger partial charge in [0.25, 0.3) is 5.91 Å². The standard InChI is InChI=1S/C15H20N2O2S/c1-2-15(19,13-4-3-9-20-13)14(18)16-12-10-17-7-5-11(12)6-8-17/h2-4,9,11-12,19H,1,5-8,10H2,(H,16,18)/t12-,15-/m0/s1. The van der Waals surface area contributed by atoms with Crippen LogP contribution in [-0.4, -0.2) is 41.6 Å². The Hall–Kier alpha value is -1.17. The van der Waals surface area contributed by atoms with Crippen molar-refractivity contribution in [2.45, 2.75) is 24.5 Å². The number of fused-ring (bicyclic) bond motifs is 3. The molecule has 0 unspecified atom stereocenters. The van der Waals surface area contributed by atoms with Crippen LogP contribution in [-0.2, 0) is 10.4 Å². The van der Waals surface area contributed by atoms with Crippen LogP contribution in [0.15, 0.2) is 30.2 Å². The summed E-state index contributed by atoms with van der Waals surface area (Å²) in [7, 11) is 0. The van der Waals surface area contributed by atoms with Crippen molar-refractivity contribution >= 4 is 17.2 Å². The van der Waals surface area contributed by atoms with Gasteiger partial charge >= 0.3 is 0 Å². The predicted molar refractivity (Wildman–Crippen MR) is 79.5 cm³/mol. The summed E-state index contributed by atoms with van der Waals surface area (Å²) in [4.78, 5) is 15.5. The average Bonchev–Trinajstić information content (AvgIpc) is 3.02. The first-order valence-corrected chi connectivity index (χ1v) is 7.94. The van der Waals surface area contributed by atoms with Gasteiger partial charge < -0.3 is 15.3 Å². The van der Waals surface area contributed by atoms with Gasteiger partial charge in [-0.2, -0.15) is 0 Å². The van der Waals surface area contributed by atoms with Crippen LogP contribution in [0.5, 0.6) is 0 Å². The third-order valence-corrected chi connectivity index (χ3v) is 5.51. The van der Waals surface area contributed by atoms with E-state index in [1.54, 1.807) is 6.07 Å². The molecule has 20 heavy (non-hydrogen) atoms. The number of nitrogens with one attached hydrogen (secondary N) is 1. The van der Waals surface area contributed by atoms with E-state index in [4.69, 9.17) is 0 Å². The molecule has 5 heteroatoms. The highest BCUT2D eigenvalue weighted by Gasteiger charge is 2.40. The molecule has 3 aliphatic heterocycles. The molecule has 0 saturated carbocycles. The highest BCUT2D eigenvalue weighted by molar-refractivity contribution is 7.10. The first-order chi connectivity index (χ1) is 9.63. The number of nitrogens with zero attached hydrogens (tertiary/aromatic N) is 1. The molecule has 1 aromatic rings. The molecule has 0 spiro atoms. The summed E-state index contributed by atoms with van der Waals surface area (Å²) in [5, 5.41) is 15.5. The molecule has 0 aromatic carbocycles. The number of carbonyl (C=O) groups is 1. The molecule has 2 atom stereocenters. The second kappa shape index (κ2) is 5.31. The van der Waals surface area contributed by atoms with E-state index in [9.17, 15) is 9.90 Å². The lowest BCUT2D eigenvalue weighted by Gasteiger charge is -2.45. The summed E-state index contributed by atoms with van der Waals surface area (Å²) in [5.41, 5.74) is -1.61. The predicted octanol–water partition coefficient (Wildman–Crippen LogP) is 1.33. The van der Waals surface area contributed by atoms with Crippen LogP contribution >= 0.6 is 11.3 Å². The van der Waals surface area contributed by atoms with Gasteiger partial charge in [-0.05, 0) is 49.4 Å². The van der Waals surface area contributed by atoms with Gasteiger partial charge in [-0.3, -0.25) is 4.79 Å². The molecule has 4 nitrogen and oxygen atoms in total. The fraction of sp³-hybridized carbons (Fsp3) is 0.533. The zero-order valence-corrected chi connectivity index (χ0v) is 12.2. The summed E-state index contributed by atoms with van der Waals surface area (Å²) in [6.07, 6.45) is 3.60. The zero-order chi connectivity index (χ0) is 14.2. The van der Waals surface area contributed by atoms with Gasteiger partial charge in [0.1, 0.15) is 0 Å². The fourth-order valence-corrected chi connectivity index (χ4v) is 4.02. The van der Waals surface area contributed by atoms with E-state index in [0.717, 1.165) is 32.5 Å². The Morgan fingerprint density at radius 2 is 2.30 bits per heavy atom. The van der Waals surface area contributed by atoms with Crippen molar-refractivity contribution in [3.05, 3.63) is 35.0 Å². The van der Waals surface area contributed by atoms with Crippen molar-refractivity contribution in [1.82, 2.24) is 10.2 Å². The Morgan fingerprint density at radius 3 is 2.80 bits per heavy atom. The van der Waals surface area contributed by atoms with Crippen molar-refractivity contribution in [1.29, 1.82) is 0 Å². The zero-order valence-electron chi connectivity index (χ0n) is 11.4. The van der Waals surface area contributed by atoms with Crippen LogP contribution in [0.3, 0.4) is 0 Å². The topological polar surface area (TPSA) is 52.6 Å². The van der Waals surface area contributed by atoms with Crippen LogP contribution in [0.25, 0.3) is 0 Å². The maximum Gasteiger partial charge on any atom is 0.261 e. The minimum absolute atomic E-state index is 0.149. The summed E-state index contributed by atoms with van der Waals surface area (Å²) >= 11 is 1.37. The second-order valence-corrected chi connectivity index (χ2v) is 6.61. The Balaban J connectivity index is 1.73. The smallest absolute Gasteiger partial charge is 0.261 e. The summed E-state index contributed by atoms with van der Waals surface area (Å²) in [5.74, 6) is 0.190. The Labute approximate surface area is 123 Å². The molecular formula is C15H20N2O2S. The number of hydrogen-bond acceptors (Lipinski definition) is 4. The van der Waals surface area contributed by atoms with Crippen molar-refractivity contribution in [2.75, 3.05) is 19.6 Å². The molecule has 0 radical (unpaired) electrons. The highest BCUT2D eigenvalue weighted by Crippen LogP contribution is 2.30. The summed E-state index contributed by atoms with van der Waals surface area (Å²) in [6, 6.07) is 3.75. The largest absolute Gasteiger partial charge is 0.372 e. The quantitative estimate of drug-likeness (QED) is 0.823.